The Morgan fingerprint density at radius 1 is 1.20 bits per heavy atom. The van der Waals surface area contributed by atoms with Crippen LogP contribution in [-0.4, -0.2) is 26.6 Å². The smallest absolute Gasteiger partial charge is 0.245 e. The number of hydrogen-bond donors (Lipinski definition) is 1. The molecule has 0 aliphatic carbocycles. The highest BCUT2D eigenvalue weighted by atomic mass is 16.5. The lowest BCUT2D eigenvalue weighted by molar-refractivity contribution is 0.401. The summed E-state index contributed by atoms with van der Waals surface area (Å²) in [4.78, 5) is 12.7. The first-order valence-corrected chi connectivity index (χ1v) is 6.29. The van der Waals surface area contributed by atoms with E-state index in [0.717, 1.165) is 5.56 Å². The van der Waals surface area contributed by atoms with Crippen LogP contribution in [0.15, 0.2) is 36.7 Å². The van der Waals surface area contributed by atoms with E-state index in [2.05, 4.69) is 21.9 Å². The van der Waals surface area contributed by atoms with Crippen molar-refractivity contribution >= 4 is 17.1 Å². The molecule has 2 N–H and O–H groups in total. The number of anilines is 1. The lowest BCUT2D eigenvalue weighted by Crippen LogP contribution is -2.10. The first-order valence-electron chi connectivity index (χ1n) is 6.29. The zero-order valence-corrected chi connectivity index (χ0v) is 11.3. The monoisotopic (exact) mass is 269 g/mol. The maximum atomic E-state index is 6.04. The molecule has 0 saturated carbocycles. The number of aromatic nitrogens is 4. The molecule has 6 nitrogen and oxygen atoms in total. The average Bonchev–Trinajstić information content (AvgIpc) is 2.83. The summed E-state index contributed by atoms with van der Waals surface area (Å²) in [5.74, 6) is 0.830. The maximum absolute atomic E-state index is 6.04. The van der Waals surface area contributed by atoms with Crippen LogP contribution in [0.4, 0.5) is 5.95 Å². The Morgan fingerprint density at radius 3 is 2.65 bits per heavy atom. The third kappa shape index (κ3) is 1.85. The molecule has 6 heteroatoms. The quantitative estimate of drug-likeness (QED) is 0.787. The van der Waals surface area contributed by atoms with Crippen LogP contribution in [0.1, 0.15) is 18.5 Å². The van der Waals surface area contributed by atoms with Gasteiger partial charge < -0.3 is 10.5 Å². The van der Waals surface area contributed by atoms with Gasteiger partial charge in [-0.1, -0.05) is 30.3 Å². The van der Waals surface area contributed by atoms with Crippen molar-refractivity contribution in [2.24, 2.45) is 0 Å². The van der Waals surface area contributed by atoms with E-state index in [9.17, 15) is 0 Å². The highest BCUT2D eigenvalue weighted by Gasteiger charge is 2.19. The Morgan fingerprint density at radius 2 is 1.95 bits per heavy atom. The van der Waals surface area contributed by atoms with Crippen molar-refractivity contribution in [1.82, 2.24) is 19.5 Å². The molecule has 102 valence electrons. The van der Waals surface area contributed by atoms with E-state index in [1.54, 1.807) is 7.11 Å². The minimum atomic E-state index is 0.0285. The highest BCUT2D eigenvalue weighted by molar-refractivity contribution is 5.79. The Balaban J connectivity index is 2.19. The van der Waals surface area contributed by atoms with E-state index in [1.807, 2.05) is 34.9 Å². The van der Waals surface area contributed by atoms with Crippen molar-refractivity contribution in [3.05, 3.63) is 42.2 Å². The van der Waals surface area contributed by atoms with Gasteiger partial charge in [-0.25, -0.2) is 9.97 Å². The second kappa shape index (κ2) is 4.80. The second-order valence-corrected chi connectivity index (χ2v) is 4.48. The molecule has 3 aromatic rings. The summed E-state index contributed by atoms with van der Waals surface area (Å²) in [6.07, 6.45) is 1.45. The van der Waals surface area contributed by atoms with Crippen molar-refractivity contribution in [1.29, 1.82) is 0 Å². The predicted molar refractivity (Wildman–Crippen MR) is 76.5 cm³/mol. The minimum Gasteiger partial charge on any atom is -0.479 e. The summed E-state index contributed by atoms with van der Waals surface area (Å²) < 4.78 is 7.08. The Kier molecular flexibility index (Phi) is 2.98. The van der Waals surface area contributed by atoms with Crippen molar-refractivity contribution in [2.75, 3.05) is 12.8 Å². The van der Waals surface area contributed by atoms with Gasteiger partial charge in [0.15, 0.2) is 11.2 Å². The minimum absolute atomic E-state index is 0.0285. The number of fused-ring (bicyclic) bond motifs is 1. The van der Waals surface area contributed by atoms with Gasteiger partial charge >= 0.3 is 0 Å². The zero-order chi connectivity index (χ0) is 14.1. The van der Waals surface area contributed by atoms with E-state index in [1.165, 1.54) is 6.33 Å². The summed E-state index contributed by atoms with van der Waals surface area (Å²) in [6.45, 7) is 2.06. The lowest BCUT2D eigenvalue weighted by atomic mass is 10.1. The van der Waals surface area contributed by atoms with E-state index in [-0.39, 0.29) is 6.04 Å². The highest BCUT2D eigenvalue weighted by Crippen LogP contribution is 2.28. The molecule has 0 radical (unpaired) electrons. The summed E-state index contributed by atoms with van der Waals surface area (Å²) in [6, 6.07) is 10.1. The fraction of sp³-hybridized carbons (Fsp3) is 0.214. The van der Waals surface area contributed by atoms with Crippen molar-refractivity contribution in [2.45, 2.75) is 13.0 Å². The van der Waals surface area contributed by atoms with Crippen molar-refractivity contribution in [3.63, 3.8) is 0 Å². The molecule has 1 atom stereocenters. The van der Waals surface area contributed by atoms with Crippen LogP contribution in [0.5, 0.6) is 5.88 Å². The van der Waals surface area contributed by atoms with Crippen molar-refractivity contribution < 1.29 is 4.74 Å². The number of nitrogens with two attached hydrogens (primary N) is 1. The molecule has 0 aliphatic rings. The van der Waals surface area contributed by atoms with Gasteiger partial charge in [-0.2, -0.15) is 4.98 Å². The predicted octanol–water partition coefficient (Wildman–Crippen LogP) is 2.03. The number of hydrogen-bond acceptors (Lipinski definition) is 5. The maximum Gasteiger partial charge on any atom is 0.245 e. The van der Waals surface area contributed by atoms with Crippen LogP contribution in [-0.2, 0) is 0 Å². The number of imidazole rings is 1. The van der Waals surface area contributed by atoms with Crippen LogP contribution in [0, 0.1) is 0 Å². The summed E-state index contributed by atoms with van der Waals surface area (Å²) in [5.41, 5.74) is 8.43. The number of nitrogen functional groups attached to an aromatic ring is 1. The van der Waals surface area contributed by atoms with Gasteiger partial charge in [0.05, 0.1) is 13.2 Å². The molecule has 0 amide bonds. The van der Waals surface area contributed by atoms with E-state index >= 15 is 0 Å². The average molecular weight is 269 g/mol. The Labute approximate surface area is 116 Å². The SMILES string of the molecule is COc1ncnc2c1nc(N)n2C(C)c1ccccc1. The number of ether oxygens (including phenoxy) is 1. The second-order valence-electron chi connectivity index (χ2n) is 4.48. The molecular formula is C14H15N5O. The van der Waals surface area contributed by atoms with Gasteiger partial charge in [0, 0.05) is 0 Å². The van der Waals surface area contributed by atoms with Gasteiger partial charge in [-0.05, 0) is 12.5 Å². The van der Waals surface area contributed by atoms with E-state index < -0.39 is 0 Å². The fourth-order valence-corrected chi connectivity index (χ4v) is 2.32. The lowest BCUT2D eigenvalue weighted by Gasteiger charge is -2.15. The molecule has 0 spiro atoms. The molecular weight excluding hydrogens is 254 g/mol. The summed E-state index contributed by atoms with van der Waals surface area (Å²) >= 11 is 0. The van der Waals surface area contributed by atoms with Gasteiger partial charge in [0.1, 0.15) is 6.33 Å². The summed E-state index contributed by atoms with van der Waals surface area (Å²) in [7, 11) is 1.55. The Bertz CT molecular complexity index is 738. The normalized spacial score (nSPS) is 12.5. The van der Waals surface area contributed by atoms with Crippen LogP contribution < -0.4 is 10.5 Å². The molecule has 2 heterocycles. The molecule has 0 saturated heterocycles. The van der Waals surface area contributed by atoms with Gasteiger partial charge in [-0.3, -0.25) is 4.57 Å². The molecule has 0 fully saturated rings. The number of rotatable bonds is 3. The summed E-state index contributed by atoms with van der Waals surface area (Å²) in [5, 5.41) is 0. The molecule has 2 aromatic heterocycles. The first-order chi connectivity index (χ1) is 9.72. The van der Waals surface area contributed by atoms with Gasteiger partial charge in [0.2, 0.25) is 11.8 Å². The number of nitrogens with zero attached hydrogens (tertiary/aromatic N) is 4. The topological polar surface area (TPSA) is 78.8 Å². The van der Waals surface area contributed by atoms with Crippen molar-refractivity contribution in [3.8, 4) is 5.88 Å². The molecule has 1 unspecified atom stereocenters. The van der Waals surface area contributed by atoms with E-state index in [4.69, 9.17) is 10.5 Å². The third-order valence-electron chi connectivity index (χ3n) is 3.33. The van der Waals surface area contributed by atoms with E-state index in [0.29, 0.717) is 23.0 Å². The van der Waals surface area contributed by atoms with Gasteiger partial charge in [-0.15, -0.1) is 0 Å². The van der Waals surface area contributed by atoms with Crippen LogP contribution in [0.25, 0.3) is 11.2 Å². The largest absolute Gasteiger partial charge is 0.479 e. The first kappa shape index (κ1) is 12.4. The Hall–Kier alpha value is -2.63. The standard InChI is InChI=1S/C14H15N5O/c1-9(10-6-4-3-5-7-10)19-12-11(18-14(19)15)13(20-2)17-8-16-12/h3-9H,1-2H3,(H2,15,18). The van der Waals surface area contributed by atoms with Crippen LogP contribution in [0.3, 0.4) is 0 Å². The number of benzene rings is 1. The molecule has 0 aliphatic heterocycles. The van der Waals surface area contributed by atoms with Crippen LogP contribution in [0.2, 0.25) is 0 Å². The molecule has 1 aromatic carbocycles. The van der Waals surface area contributed by atoms with Crippen LogP contribution >= 0.6 is 0 Å². The zero-order valence-electron chi connectivity index (χ0n) is 11.3. The number of methoxy groups -OCH3 is 1. The molecule has 3 rings (SSSR count). The fourth-order valence-electron chi connectivity index (χ4n) is 2.32. The molecule has 0 bridgehead atoms. The molecule has 20 heavy (non-hydrogen) atoms. The third-order valence-corrected chi connectivity index (χ3v) is 3.33. The van der Waals surface area contributed by atoms with Gasteiger partial charge in [0.25, 0.3) is 0 Å².